The standard InChI is InChI=1S/C22H29N5O8/c23-13(9-12-5-2-1-3-6-12)19(31)25-14(11-18(29)30)21(33)27-8-4-7-16(27)20(32)26-15(22(34)35)10-17(24)28/h1-3,5-6,13-16H,4,7-11,23H2,(H2,24,28)(H,25,31)(H,26,32)(H,29,30)(H,34,35). The number of carboxylic acid groups (broad SMARTS) is 2. The summed E-state index contributed by atoms with van der Waals surface area (Å²) in [6.07, 6.45) is -0.655. The van der Waals surface area contributed by atoms with E-state index in [0.717, 1.165) is 10.5 Å². The molecule has 0 aromatic heterocycles. The number of hydrogen-bond acceptors (Lipinski definition) is 7. The van der Waals surface area contributed by atoms with Gasteiger partial charge in [0.2, 0.25) is 23.6 Å². The average Bonchev–Trinajstić information content (AvgIpc) is 3.27. The normalized spacial score (nSPS) is 17.6. The van der Waals surface area contributed by atoms with Gasteiger partial charge < -0.3 is 37.2 Å². The van der Waals surface area contributed by atoms with Crippen LogP contribution in [0.15, 0.2) is 30.3 Å². The first kappa shape index (κ1) is 27.2. The summed E-state index contributed by atoms with van der Waals surface area (Å²) in [6, 6.07) is 3.64. The van der Waals surface area contributed by atoms with Crippen molar-refractivity contribution in [3.63, 3.8) is 0 Å². The molecule has 4 unspecified atom stereocenters. The zero-order chi connectivity index (χ0) is 26.1. The van der Waals surface area contributed by atoms with Crippen LogP contribution in [0.1, 0.15) is 31.2 Å². The van der Waals surface area contributed by atoms with Gasteiger partial charge >= 0.3 is 11.9 Å². The van der Waals surface area contributed by atoms with E-state index in [1.165, 1.54) is 0 Å². The van der Waals surface area contributed by atoms with Gasteiger partial charge in [-0.25, -0.2) is 4.79 Å². The minimum absolute atomic E-state index is 0.0898. The van der Waals surface area contributed by atoms with Crippen molar-refractivity contribution in [1.29, 1.82) is 0 Å². The van der Waals surface area contributed by atoms with Gasteiger partial charge in [0, 0.05) is 6.54 Å². The number of benzene rings is 1. The highest BCUT2D eigenvalue weighted by Gasteiger charge is 2.40. The van der Waals surface area contributed by atoms with Crippen LogP contribution < -0.4 is 22.1 Å². The van der Waals surface area contributed by atoms with Crippen molar-refractivity contribution in [2.24, 2.45) is 11.5 Å². The number of primary amides is 1. The molecule has 1 aromatic carbocycles. The van der Waals surface area contributed by atoms with Gasteiger partial charge in [0.25, 0.3) is 0 Å². The zero-order valence-electron chi connectivity index (χ0n) is 18.9. The van der Waals surface area contributed by atoms with Gasteiger partial charge in [-0.2, -0.15) is 0 Å². The Hall–Kier alpha value is -4.00. The molecule has 190 valence electrons. The molecule has 1 heterocycles. The fourth-order valence-electron chi connectivity index (χ4n) is 3.79. The number of carbonyl (C=O) groups is 6. The van der Waals surface area contributed by atoms with Crippen LogP contribution in [-0.2, 0) is 35.2 Å². The molecular formula is C22H29N5O8. The Labute approximate surface area is 200 Å². The van der Waals surface area contributed by atoms with Crippen molar-refractivity contribution in [2.75, 3.05) is 6.54 Å². The molecule has 0 saturated carbocycles. The Morgan fingerprint density at radius 2 is 1.66 bits per heavy atom. The van der Waals surface area contributed by atoms with Crippen LogP contribution in [0.25, 0.3) is 0 Å². The average molecular weight is 492 g/mol. The number of amides is 4. The fraction of sp³-hybridized carbons (Fsp3) is 0.455. The molecule has 1 aromatic rings. The van der Waals surface area contributed by atoms with Gasteiger partial charge in [-0.3, -0.25) is 24.0 Å². The second-order valence-electron chi connectivity index (χ2n) is 8.21. The monoisotopic (exact) mass is 491 g/mol. The molecule has 8 N–H and O–H groups in total. The van der Waals surface area contributed by atoms with Crippen molar-refractivity contribution in [3.05, 3.63) is 35.9 Å². The quantitative estimate of drug-likeness (QED) is 0.189. The minimum Gasteiger partial charge on any atom is -0.481 e. The molecule has 2 rings (SSSR count). The maximum atomic E-state index is 13.1. The maximum Gasteiger partial charge on any atom is 0.326 e. The predicted molar refractivity (Wildman–Crippen MR) is 120 cm³/mol. The number of aliphatic carboxylic acids is 2. The largest absolute Gasteiger partial charge is 0.481 e. The van der Waals surface area contributed by atoms with E-state index in [4.69, 9.17) is 11.5 Å². The molecule has 1 fully saturated rings. The lowest BCUT2D eigenvalue weighted by Gasteiger charge is -2.29. The third-order valence-corrected chi connectivity index (χ3v) is 5.49. The lowest BCUT2D eigenvalue weighted by molar-refractivity contribution is -0.147. The SMILES string of the molecule is NC(=O)CC(NC(=O)C1CCCN1C(=O)C(CC(=O)O)NC(=O)C(N)Cc1ccccc1)C(=O)O. The summed E-state index contributed by atoms with van der Waals surface area (Å²) >= 11 is 0. The van der Waals surface area contributed by atoms with Crippen LogP contribution in [0.3, 0.4) is 0 Å². The van der Waals surface area contributed by atoms with E-state index in [1.54, 1.807) is 30.3 Å². The van der Waals surface area contributed by atoms with E-state index in [-0.39, 0.29) is 19.4 Å². The number of nitrogens with two attached hydrogens (primary N) is 2. The Kier molecular flexibility index (Phi) is 9.70. The first-order valence-corrected chi connectivity index (χ1v) is 10.9. The minimum atomic E-state index is -1.58. The number of hydrogen-bond donors (Lipinski definition) is 6. The van der Waals surface area contributed by atoms with Gasteiger partial charge in [-0.05, 0) is 24.8 Å². The molecule has 13 nitrogen and oxygen atoms in total. The van der Waals surface area contributed by atoms with Gasteiger partial charge in [0.05, 0.1) is 18.9 Å². The summed E-state index contributed by atoms with van der Waals surface area (Å²) in [6.45, 7) is 0.0898. The molecule has 1 aliphatic rings. The molecule has 0 bridgehead atoms. The lowest BCUT2D eigenvalue weighted by Crippen LogP contribution is -2.57. The van der Waals surface area contributed by atoms with Crippen molar-refractivity contribution in [2.45, 2.75) is 56.3 Å². The van der Waals surface area contributed by atoms with Crippen LogP contribution in [0.5, 0.6) is 0 Å². The summed E-state index contributed by atoms with van der Waals surface area (Å²) in [5, 5.41) is 23.0. The van der Waals surface area contributed by atoms with E-state index in [2.05, 4.69) is 10.6 Å². The first-order chi connectivity index (χ1) is 16.5. The number of nitrogens with one attached hydrogen (secondary N) is 2. The summed E-state index contributed by atoms with van der Waals surface area (Å²) in [7, 11) is 0. The predicted octanol–water partition coefficient (Wildman–Crippen LogP) is -2.05. The van der Waals surface area contributed by atoms with Gasteiger partial charge in [0.15, 0.2) is 0 Å². The van der Waals surface area contributed by atoms with Gasteiger partial charge in [-0.15, -0.1) is 0 Å². The number of nitrogens with zero attached hydrogens (tertiary/aromatic N) is 1. The molecule has 13 heteroatoms. The maximum absolute atomic E-state index is 13.1. The molecule has 0 aliphatic carbocycles. The van der Waals surface area contributed by atoms with Crippen LogP contribution >= 0.6 is 0 Å². The van der Waals surface area contributed by atoms with Crippen LogP contribution in [-0.4, -0.2) is 81.4 Å². The van der Waals surface area contributed by atoms with E-state index < -0.39 is 72.6 Å². The van der Waals surface area contributed by atoms with Crippen LogP contribution in [0.2, 0.25) is 0 Å². The van der Waals surface area contributed by atoms with Gasteiger partial charge in [0.1, 0.15) is 18.1 Å². The van der Waals surface area contributed by atoms with Crippen molar-refractivity contribution >= 4 is 35.6 Å². The fourth-order valence-corrected chi connectivity index (χ4v) is 3.79. The number of likely N-dealkylation sites (tertiary alicyclic amines) is 1. The number of carbonyl (C=O) groups excluding carboxylic acids is 4. The smallest absolute Gasteiger partial charge is 0.326 e. The molecule has 1 saturated heterocycles. The zero-order valence-corrected chi connectivity index (χ0v) is 18.9. The third kappa shape index (κ3) is 8.07. The summed E-state index contributed by atoms with van der Waals surface area (Å²) in [5.74, 6) is -6.14. The lowest BCUT2D eigenvalue weighted by atomic mass is 10.0. The van der Waals surface area contributed by atoms with E-state index in [0.29, 0.717) is 6.42 Å². The van der Waals surface area contributed by atoms with Crippen LogP contribution in [0, 0.1) is 0 Å². The Balaban J connectivity index is 2.11. The summed E-state index contributed by atoms with van der Waals surface area (Å²) < 4.78 is 0. The molecule has 4 atom stereocenters. The Morgan fingerprint density at radius 3 is 2.23 bits per heavy atom. The number of rotatable bonds is 12. The Morgan fingerprint density at radius 1 is 1.00 bits per heavy atom. The third-order valence-electron chi connectivity index (χ3n) is 5.49. The van der Waals surface area contributed by atoms with Crippen molar-refractivity contribution in [3.8, 4) is 0 Å². The molecular weight excluding hydrogens is 462 g/mol. The van der Waals surface area contributed by atoms with Crippen molar-refractivity contribution in [1.82, 2.24) is 15.5 Å². The highest BCUT2D eigenvalue weighted by molar-refractivity contribution is 5.96. The summed E-state index contributed by atoms with van der Waals surface area (Å²) in [4.78, 5) is 73.3. The van der Waals surface area contributed by atoms with E-state index >= 15 is 0 Å². The Bertz CT molecular complexity index is 970. The van der Waals surface area contributed by atoms with Crippen LogP contribution in [0.4, 0.5) is 0 Å². The topological polar surface area (TPSA) is 222 Å². The summed E-state index contributed by atoms with van der Waals surface area (Å²) in [5.41, 5.74) is 11.7. The second-order valence-corrected chi connectivity index (χ2v) is 8.21. The molecule has 0 spiro atoms. The number of carboxylic acids is 2. The highest BCUT2D eigenvalue weighted by atomic mass is 16.4. The first-order valence-electron chi connectivity index (χ1n) is 10.9. The van der Waals surface area contributed by atoms with E-state index in [1.807, 2.05) is 0 Å². The molecule has 0 radical (unpaired) electrons. The molecule has 1 aliphatic heterocycles. The molecule has 35 heavy (non-hydrogen) atoms. The van der Waals surface area contributed by atoms with Gasteiger partial charge in [-0.1, -0.05) is 30.3 Å². The highest BCUT2D eigenvalue weighted by Crippen LogP contribution is 2.20. The van der Waals surface area contributed by atoms with Crippen molar-refractivity contribution < 1.29 is 39.0 Å². The van der Waals surface area contributed by atoms with E-state index in [9.17, 15) is 39.0 Å². The molecule has 4 amide bonds. The second kappa shape index (κ2) is 12.5.